The van der Waals surface area contributed by atoms with Crippen LogP contribution in [0.25, 0.3) is 22.0 Å². The summed E-state index contributed by atoms with van der Waals surface area (Å²) in [6, 6.07) is 9.74. The molecule has 1 N–H and O–H groups in total. The Labute approximate surface area is 304 Å². The molecule has 0 saturated heterocycles. The van der Waals surface area contributed by atoms with Gasteiger partial charge in [-0.15, -0.1) is 10.2 Å². The van der Waals surface area contributed by atoms with Crippen molar-refractivity contribution in [2.24, 2.45) is 7.05 Å². The number of ketones is 1. The van der Waals surface area contributed by atoms with E-state index in [1.165, 1.54) is 16.8 Å². The molecule has 0 bridgehead atoms. The first kappa shape index (κ1) is 37.2. The molecule has 0 amide bonds. The van der Waals surface area contributed by atoms with Crippen molar-refractivity contribution in [1.82, 2.24) is 35.4 Å². The normalized spacial score (nSPS) is 14.3. The van der Waals surface area contributed by atoms with Gasteiger partial charge >= 0.3 is 0 Å². The van der Waals surface area contributed by atoms with Gasteiger partial charge in [-0.25, -0.2) is 30.6 Å². The molecule has 272 valence electrons. The lowest BCUT2D eigenvalue weighted by Gasteiger charge is -2.21. The Hall–Kier alpha value is -4.59. The van der Waals surface area contributed by atoms with Gasteiger partial charge in [-0.2, -0.15) is 10.3 Å². The average Bonchev–Trinajstić information content (AvgIpc) is 3.71. The van der Waals surface area contributed by atoms with E-state index >= 15 is 0 Å². The fourth-order valence-electron chi connectivity index (χ4n) is 6.25. The Balaban J connectivity index is 1.55. The van der Waals surface area contributed by atoms with Gasteiger partial charge in [0.2, 0.25) is 0 Å². The molecule has 2 aromatic carbocycles. The zero-order valence-corrected chi connectivity index (χ0v) is 31.0. The standard InChI is InChI=1S/C35H34ClF2N7O5S2/c1-35(2,52(49,50)26-6-7-26)12-11-24-5-8-27(28-9-10-29(36)32-30(19-51(4,47)48)42-45(3)34(28)32)33(39-24)21(13-20-14-22(37)17-23(38)15-20)16-25(46)18-31-40-43-44-41-31/h5,8-10,14-15,17,21,26H,6-7,13,16,18-19H2,1-4H3,(H,40,41,43,44)/t21-/m1/s1. The number of fused-ring (bicyclic) bond motifs is 1. The van der Waals surface area contributed by atoms with Crippen LogP contribution in [0.2, 0.25) is 5.02 Å². The number of aromatic nitrogens is 7. The van der Waals surface area contributed by atoms with Crippen LogP contribution in [-0.2, 0) is 50.1 Å². The van der Waals surface area contributed by atoms with Crippen molar-refractivity contribution in [2.75, 3.05) is 6.26 Å². The Morgan fingerprint density at radius 1 is 1.08 bits per heavy atom. The molecule has 0 spiro atoms. The number of nitrogens with zero attached hydrogens (tertiary/aromatic N) is 6. The largest absolute Gasteiger partial charge is 0.299 e. The molecule has 1 saturated carbocycles. The maximum Gasteiger partial charge on any atom is 0.181 e. The number of aryl methyl sites for hydroxylation is 1. The van der Waals surface area contributed by atoms with Crippen molar-refractivity contribution in [3.63, 3.8) is 0 Å². The minimum Gasteiger partial charge on any atom is -0.299 e. The number of tetrazole rings is 1. The predicted octanol–water partition coefficient (Wildman–Crippen LogP) is 4.86. The number of Topliss-reactive ketones (excluding diaryl/α,β-unsaturated/α-hetero) is 1. The van der Waals surface area contributed by atoms with E-state index in [2.05, 4.69) is 37.6 Å². The summed E-state index contributed by atoms with van der Waals surface area (Å²) in [4.78, 5) is 18.4. The number of carbonyl (C=O) groups excluding carboxylic acids is 1. The number of aromatic amines is 1. The smallest absolute Gasteiger partial charge is 0.181 e. The number of carbonyl (C=O) groups is 1. The van der Waals surface area contributed by atoms with Crippen molar-refractivity contribution in [3.8, 4) is 23.0 Å². The van der Waals surface area contributed by atoms with Crippen LogP contribution in [0, 0.1) is 23.5 Å². The lowest BCUT2D eigenvalue weighted by molar-refractivity contribution is -0.118. The van der Waals surface area contributed by atoms with Crippen molar-refractivity contribution in [1.29, 1.82) is 0 Å². The number of pyridine rings is 1. The summed E-state index contributed by atoms with van der Waals surface area (Å²) < 4.78 is 80.0. The first-order valence-electron chi connectivity index (χ1n) is 16.2. The highest BCUT2D eigenvalue weighted by Gasteiger charge is 2.45. The number of hydrogen-bond acceptors (Lipinski definition) is 10. The van der Waals surface area contributed by atoms with Crippen molar-refractivity contribution < 1.29 is 30.4 Å². The molecule has 52 heavy (non-hydrogen) atoms. The van der Waals surface area contributed by atoms with Gasteiger partial charge in [0.15, 0.2) is 25.5 Å². The van der Waals surface area contributed by atoms with Crippen LogP contribution >= 0.6 is 11.6 Å². The summed E-state index contributed by atoms with van der Waals surface area (Å²) in [5.41, 5.74) is 2.52. The van der Waals surface area contributed by atoms with Crippen LogP contribution in [0.15, 0.2) is 42.5 Å². The highest BCUT2D eigenvalue weighted by Crippen LogP contribution is 2.40. The third-order valence-electron chi connectivity index (χ3n) is 8.80. The van der Waals surface area contributed by atoms with Gasteiger partial charge < -0.3 is 0 Å². The number of hydrogen-bond donors (Lipinski definition) is 1. The van der Waals surface area contributed by atoms with E-state index < -0.39 is 47.2 Å². The zero-order valence-electron chi connectivity index (χ0n) is 28.6. The Morgan fingerprint density at radius 2 is 1.77 bits per heavy atom. The van der Waals surface area contributed by atoms with Crippen LogP contribution in [-0.4, -0.2) is 74.3 Å². The molecule has 0 aliphatic heterocycles. The molecule has 1 fully saturated rings. The second kappa shape index (κ2) is 14.1. The third kappa shape index (κ3) is 8.06. The quantitative estimate of drug-likeness (QED) is 0.173. The number of H-pyrrole nitrogens is 1. The van der Waals surface area contributed by atoms with E-state index in [0.29, 0.717) is 40.6 Å². The average molecular weight is 770 g/mol. The van der Waals surface area contributed by atoms with Crippen molar-refractivity contribution >= 4 is 48.0 Å². The van der Waals surface area contributed by atoms with Crippen molar-refractivity contribution in [2.45, 2.75) is 67.6 Å². The SMILES string of the molecule is Cn1nc(CS(C)(=O)=O)c2c(Cl)ccc(-c3ccc(C#CC(C)(C)S(=O)(=O)C4CC4)nc3[C@@H](CC(=O)Cc3nn[nH]n3)Cc3cc(F)cc(F)c3)c21. The van der Waals surface area contributed by atoms with Crippen LogP contribution in [0.5, 0.6) is 0 Å². The summed E-state index contributed by atoms with van der Waals surface area (Å²) in [7, 11) is -5.41. The van der Waals surface area contributed by atoms with Gasteiger partial charge in [0, 0.05) is 48.2 Å². The highest BCUT2D eigenvalue weighted by molar-refractivity contribution is 7.93. The maximum atomic E-state index is 14.5. The molecule has 1 aliphatic carbocycles. The number of sulfone groups is 2. The van der Waals surface area contributed by atoms with E-state index in [-0.39, 0.29) is 58.6 Å². The van der Waals surface area contributed by atoms with Gasteiger partial charge in [-0.1, -0.05) is 28.8 Å². The second-order valence-corrected chi connectivity index (χ2v) is 18.8. The van der Waals surface area contributed by atoms with Gasteiger partial charge in [-0.05, 0) is 74.9 Å². The predicted molar refractivity (Wildman–Crippen MR) is 191 cm³/mol. The molecular weight excluding hydrogens is 736 g/mol. The first-order valence-corrected chi connectivity index (χ1v) is 20.2. The lowest BCUT2D eigenvalue weighted by Crippen LogP contribution is -2.33. The Bertz CT molecular complexity index is 2470. The molecule has 1 aliphatic rings. The first-order chi connectivity index (χ1) is 24.4. The molecule has 5 aromatic rings. The molecular formula is C35H34ClF2N7O5S2. The molecule has 12 nitrogen and oxygen atoms in total. The highest BCUT2D eigenvalue weighted by atomic mass is 35.5. The van der Waals surface area contributed by atoms with E-state index in [1.54, 1.807) is 45.2 Å². The second-order valence-electron chi connectivity index (χ2n) is 13.5. The number of rotatable bonds is 12. The van der Waals surface area contributed by atoms with Gasteiger partial charge in [0.1, 0.15) is 27.9 Å². The summed E-state index contributed by atoms with van der Waals surface area (Å²) in [6.45, 7) is 3.09. The van der Waals surface area contributed by atoms with E-state index in [4.69, 9.17) is 16.6 Å². The number of nitrogens with one attached hydrogen (secondary N) is 1. The third-order valence-corrected chi connectivity index (χ3v) is 12.8. The van der Waals surface area contributed by atoms with Gasteiger partial charge in [-0.3, -0.25) is 9.48 Å². The summed E-state index contributed by atoms with van der Waals surface area (Å²) in [5.74, 6) is 2.87. The molecule has 3 heterocycles. The molecule has 1 atom stereocenters. The summed E-state index contributed by atoms with van der Waals surface area (Å²) in [5, 5.41) is 18.3. The summed E-state index contributed by atoms with van der Waals surface area (Å²) >= 11 is 6.65. The summed E-state index contributed by atoms with van der Waals surface area (Å²) in [6.07, 6.45) is 1.86. The maximum absolute atomic E-state index is 14.5. The molecule has 0 unspecified atom stereocenters. The fourth-order valence-corrected chi connectivity index (χ4v) is 8.99. The molecule has 3 aromatic heterocycles. The molecule has 0 radical (unpaired) electrons. The Morgan fingerprint density at radius 3 is 2.40 bits per heavy atom. The monoisotopic (exact) mass is 769 g/mol. The Kier molecular flexibility index (Phi) is 10.1. The van der Waals surface area contributed by atoms with E-state index in [1.807, 2.05) is 0 Å². The van der Waals surface area contributed by atoms with Crippen LogP contribution in [0.4, 0.5) is 8.78 Å². The number of benzene rings is 2. The molecule has 6 rings (SSSR count). The molecule has 17 heteroatoms. The van der Waals surface area contributed by atoms with Gasteiger partial charge in [0.05, 0.1) is 39.4 Å². The van der Waals surface area contributed by atoms with E-state index in [0.717, 1.165) is 12.3 Å². The van der Waals surface area contributed by atoms with Crippen LogP contribution in [0.1, 0.15) is 67.5 Å². The zero-order chi connectivity index (χ0) is 37.6. The topological polar surface area (TPSA) is 171 Å². The van der Waals surface area contributed by atoms with Crippen molar-refractivity contribution in [3.05, 3.63) is 87.6 Å². The number of halogens is 3. The van der Waals surface area contributed by atoms with E-state index in [9.17, 15) is 30.4 Å². The lowest BCUT2D eigenvalue weighted by atomic mass is 9.85. The van der Waals surface area contributed by atoms with Crippen LogP contribution in [0.3, 0.4) is 0 Å². The minimum absolute atomic E-state index is 0.0352. The van der Waals surface area contributed by atoms with Crippen LogP contribution < -0.4 is 0 Å². The van der Waals surface area contributed by atoms with Gasteiger partial charge in [0.25, 0.3) is 0 Å². The fraction of sp³-hybridized carbons (Fsp3) is 0.371. The minimum atomic E-state index is -3.55.